The predicted octanol–water partition coefficient (Wildman–Crippen LogP) is 2.27. The molecule has 0 aliphatic heterocycles. The molecule has 86 valence electrons. The van der Waals surface area contributed by atoms with E-state index in [-0.39, 0.29) is 0 Å². The number of nitrogens with zero attached hydrogens (tertiary/aromatic N) is 2. The van der Waals surface area contributed by atoms with Gasteiger partial charge in [-0.25, -0.2) is 0 Å². The summed E-state index contributed by atoms with van der Waals surface area (Å²) in [5.41, 5.74) is 0. The largest absolute Gasteiger partial charge is 0.490 e. The summed E-state index contributed by atoms with van der Waals surface area (Å²) >= 11 is 0. The van der Waals surface area contributed by atoms with Gasteiger partial charge in [0.15, 0.2) is 5.75 Å². The Morgan fingerprint density at radius 2 is 2.07 bits per heavy atom. The molecule has 0 bridgehead atoms. The molecule has 0 aliphatic carbocycles. The van der Waals surface area contributed by atoms with Gasteiger partial charge in [0, 0.05) is 19.8 Å². The van der Waals surface area contributed by atoms with Crippen LogP contribution in [-0.4, -0.2) is 30.1 Å². The first-order chi connectivity index (χ1) is 7.24. The third kappa shape index (κ3) is 4.34. The third-order valence-electron chi connectivity index (χ3n) is 2.12. The fourth-order valence-electron chi connectivity index (χ4n) is 1.22. The van der Waals surface area contributed by atoms with Crippen molar-refractivity contribution in [3.8, 4) is 5.75 Å². The van der Waals surface area contributed by atoms with Gasteiger partial charge in [0.05, 0.1) is 19.0 Å². The zero-order valence-electron chi connectivity index (χ0n) is 9.77. The maximum Gasteiger partial charge on any atom is 0.157 e. The van der Waals surface area contributed by atoms with E-state index in [4.69, 9.17) is 9.47 Å². The Morgan fingerprint density at radius 1 is 1.33 bits per heavy atom. The zero-order chi connectivity index (χ0) is 11.1. The number of unbranched alkanes of at least 4 members (excludes halogenated alkanes) is 1. The maximum absolute atomic E-state index is 5.54. The van der Waals surface area contributed by atoms with Crippen molar-refractivity contribution in [2.75, 3.05) is 20.3 Å². The Bertz CT molecular complexity index is 271. The quantitative estimate of drug-likeness (QED) is 0.650. The molecule has 0 saturated heterocycles. The highest BCUT2D eigenvalue weighted by Crippen LogP contribution is 2.12. The molecule has 0 atom stereocenters. The van der Waals surface area contributed by atoms with Gasteiger partial charge in [-0.3, -0.25) is 4.68 Å². The van der Waals surface area contributed by atoms with Crippen molar-refractivity contribution in [2.24, 2.45) is 0 Å². The van der Waals surface area contributed by atoms with E-state index in [0.717, 1.165) is 31.8 Å². The summed E-state index contributed by atoms with van der Waals surface area (Å²) in [6, 6.07) is 0.385. The van der Waals surface area contributed by atoms with Gasteiger partial charge in [0.1, 0.15) is 0 Å². The fraction of sp³-hybridized carbons (Fsp3) is 0.727. The van der Waals surface area contributed by atoms with Gasteiger partial charge in [0.2, 0.25) is 0 Å². The van der Waals surface area contributed by atoms with Crippen LogP contribution in [0.15, 0.2) is 12.4 Å². The Morgan fingerprint density at radius 3 is 2.67 bits per heavy atom. The summed E-state index contributed by atoms with van der Waals surface area (Å²) in [6.07, 6.45) is 5.74. The molecular formula is C11H20N2O2. The van der Waals surface area contributed by atoms with Gasteiger partial charge in [-0.05, 0) is 26.7 Å². The Balaban J connectivity index is 2.20. The van der Waals surface area contributed by atoms with Crippen molar-refractivity contribution in [2.45, 2.75) is 32.7 Å². The van der Waals surface area contributed by atoms with Gasteiger partial charge in [-0.15, -0.1) is 0 Å². The lowest BCUT2D eigenvalue weighted by Crippen LogP contribution is -2.01. The zero-order valence-corrected chi connectivity index (χ0v) is 9.77. The summed E-state index contributed by atoms with van der Waals surface area (Å²) in [5, 5.41) is 4.20. The highest BCUT2D eigenvalue weighted by atomic mass is 16.5. The third-order valence-corrected chi connectivity index (χ3v) is 2.12. The Hall–Kier alpha value is -1.03. The van der Waals surface area contributed by atoms with Gasteiger partial charge >= 0.3 is 0 Å². The first-order valence-electron chi connectivity index (χ1n) is 5.40. The standard InChI is InChI=1S/C11H20N2O2/c1-10(2)13-9-11(8-12-13)15-7-5-4-6-14-3/h8-10H,4-7H2,1-3H3. The van der Waals surface area contributed by atoms with Crippen molar-refractivity contribution in [1.82, 2.24) is 9.78 Å². The molecular weight excluding hydrogens is 192 g/mol. The van der Waals surface area contributed by atoms with E-state index >= 15 is 0 Å². The number of hydrogen-bond donors (Lipinski definition) is 0. The molecule has 4 nitrogen and oxygen atoms in total. The average molecular weight is 212 g/mol. The second-order valence-electron chi connectivity index (χ2n) is 3.80. The molecule has 0 saturated carbocycles. The number of rotatable bonds is 7. The minimum Gasteiger partial charge on any atom is -0.490 e. The van der Waals surface area contributed by atoms with Gasteiger partial charge in [-0.1, -0.05) is 0 Å². The molecule has 0 amide bonds. The molecule has 0 unspecified atom stereocenters. The monoisotopic (exact) mass is 212 g/mol. The lowest BCUT2D eigenvalue weighted by atomic mass is 10.3. The first-order valence-corrected chi connectivity index (χ1v) is 5.40. The second kappa shape index (κ2) is 6.45. The number of methoxy groups -OCH3 is 1. The normalized spacial score (nSPS) is 10.9. The molecule has 1 aromatic rings. The van der Waals surface area contributed by atoms with Crippen molar-refractivity contribution >= 4 is 0 Å². The lowest BCUT2D eigenvalue weighted by Gasteiger charge is -2.04. The van der Waals surface area contributed by atoms with Crippen LogP contribution < -0.4 is 4.74 Å². The van der Waals surface area contributed by atoms with E-state index in [1.54, 1.807) is 13.3 Å². The molecule has 15 heavy (non-hydrogen) atoms. The van der Waals surface area contributed by atoms with E-state index in [1.807, 2.05) is 10.9 Å². The SMILES string of the molecule is COCCCCOc1cnn(C(C)C)c1. The molecule has 0 fully saturated rings. The average Bonchev–Trinajstić information content (AvgIpc) is 2.66. The topological polar surface area (TPSA) is 36.3 Å². The van der Waals surface area contributed by atoms with Crippen LogP contribution in [0.2, 0.25) is 0 Å². The van der Waals surface area contributed by atoms with E-state index in [2.05, 4.69) is 18.9 Å². The van der Waals surface area contributed by atoms with Crippen LogP contribution in [0.3, 0.4) is 0 Å². The minimum atomic E-state index is 0.385. The molecule has 4 heteroatoms. The smallest absolute Gasteiger partial charge is 0.157 e. The lowest BCUT2D eigenvalue weighted by molar-refractivity contribution is 0.184. The van der Waals surface area contributed by atoms with Crippen LogP contribution in [0.25, 0.3) is 0 Å². The molecule has 1 heterocycles. The molecule has 0 aliphatic rings. The van der Waals surface area contributed by atoms with Gasteiger partial charge in [-0.2, -0.15) is 5.10 Å². The van der Waals surface area contributed by atoms with Crippen molar-refractivity contribution < 1.29 is 9.47 Å². The van der Waals surface area contributed by atoms with Crippen LogP contribution in [-0.2, 0) is 4.74 Å². The number of hydrogen-bond acceptors (Lipinski definition) is 3. The van der Waals surface area contributed by atoms with Crippen LogP contribution in [0, 0.1) is 0 Å². The Labute approximate surface area is 91.2 Å². The number of aromatic nitrogens is 2. The van der Waals surface area contributed by atoms with Crippen LogP contribution >= 0.6 is 0 Å². The highest BCUT2D eigenvalue weighted by Gasteiger charge is 2.01. The predicted molar refractivity (Wildman–Crippen MR) is 59.2 cm³/mol. The summed E-state index contributed by atoms with van der Waals surface area (Å²) in [4.78, 5) is 0. The van der Waals surface area contributed by atoms with Crippen molar-refractivity contribution in [3.63, 3.8) is 0 Å². The van der Waals surface area contributed by atoms with Crippen molar-refractivity contribution in [1.29, 1.82) is 0 Å². The van der Waals surface area contributed by atoms with E-state index in [1.165, 1.54) is 0 Å². The highest BCUT2D eigenvalue weighted by molar-refractivity contribution is 5.11. The second-order valence-corrected chi connectivity index (χ2v) is 3.80. The fourth-order valence-corrected chi connectivity index (χ4v) is 1.22. The van der Waals surface area contributed by atoms with Gasteiger partial charge < -0.3 is 9.47 Å². The molecule has 1 rings (SSSR count). The summed E-state index contributed by atoms with van der Waals surface area (Å²) < 4.78 is 12.4. The summed E-state index contributed by atoms with van der Waals surface area (Å²) in [5.74, 6) is 0.848. The Kier molecular flexibility index (Phi) is 5.18. The van der Waals surface area contributed by atoms with Gasteiger partial charge in [0.25, 0.3) is 0 Å². The molecule has 0 spiro atoms. The summed E-state index contributed by atoms with van der Waals surface area (Å²) in [7, 11) is 1.72. The molecule has 0 aromatic carbocycles. The maximum atomic E-state index is 5.54. The molecule has 1 aromatic heterocycles. The van der Waals surface area contributed by atoms with Crippen LogP contribution in [0.4, 0.5) is 0 Å². The molecule has 0 N–H and O–H groups in total. The van der Waals surface area contributed by atoms with Crippen molar-refractivity contribution in [3.05, 3.63) is 12.4 Å². The van der Waals surface area contributed by atoms with E-state index in [0.29, 0.717) is 6.04 Å². The van der Waals surface area contributed by atoms with E-state index in [9.17, 15) is 0 Å². The first kappa shape index (κ1) is 12.0. The van der Waals surface area contributed by atoms with Crippen LogP contribution in [0.1, 0.15) is 32.7 Å². The van der Waals surface area contributed by atoms with Crippen LogP contribution in [0.5, 0.6) is 5.75 Å². The van der Waals surface area contributed by atoms with E-state index < -0.39 is 0 Å². The summed E-state index contributed by atoms with van der Waals surface area (Å²) in [6.45, 7) is 5.71. The molecule has 0 radical (unpaired) electrons. The number of ether oxygens (including phenoxy) is 2. The minimum absolute atomic E-state index is 0.385.